The summed E-state index contributed by atoms with van der Waals surface area (Å²) in [7, 11) is 2.10. The highest BCUT2D eigenvalue weighted by Crippen LogP contribution is 2.18. The maximum Gasteiger partial charge on any atom is 0.122 e. The quantitative estimate of drug-likeness (QED) is 0.803. The molecule has 1 atom stereocenters. The predicted molar refractivity (Wildman–Crippen MR) is 81.0 cm³/mol. The van der Waals surface area contributed by atoms with Gasteiger partial charge in [-0.05, 0) is 24.8 Å². The van der Waals surface area contributed by atoms with E-state index in [1.165, 1.54) is 0 Å². The van der Waals surface area contributed by atoms with Crippen LogP contribution in [0.15, 0.2) is 18.3 Å². The number of rotatable bonds is 6. The Morgan fingerprint density at radius 2 is 2.29 bits per heavy atom. The number of aromatic nitrogens is 1. The first-order chi connectivity index (χ1) is 8.10. The van der Waals surface area contributed by atoms with Gasteiger partial charge in [0.05, 0.1) is 17.6 Å². The number of nitrogens with zero attached hydrogens (tertiary/aromatic N) is 2. The summed E-state index contributed by atoms with van der Waals surface area (Å²) in [5, 5.41) is 0. The Bertz CT molecular complexity index is 365. The second-order valence-electron chi connectivity index (χ2n) is 3.89. The number of thiocarbonyl (C=S) groups is 1. The lowest BCUT2D eigenvalue weighted by molar-refractivity contribution is 0.672. The van der Waals surface area contributed by atoms with E-state index >= 15 is 0 Å². The molecule has 0 saturated heterocycles. The van der Waals surface area contributed by atoms with E-state index in [1.807, 2.05) is 30.1 Å². The molecule has 0 saturated carbocycles. The van der Waals surface area contributed by atoms with Crippen molar-refractivity contribution in [1.29, 1.82) is 0 Å². The van der Waals surface area contributed by atoms with Crippen molar-refractivity contribution in [2.75, 3.05) is 24.0 Å². The maximum absolute atomic E-state index is 5.53. The van der Waals surface area contributed by atoms with Gasteiger partial charge < -0.3 is 10.6 Å². The van der Waals surface area contributed by atoms with E-state index in [1.54, 1.807) is 0 Å². The molecule has 0 radical (unpaired) electrons. The van der Waals surface area contributed by atoms with Crippen LogP contribution in [0.3, 0.4) is 0 Å². The van der Waals surface area contributed by atoms with Gasteiger partial charge in [0.1, 0.15) is 4.99 Å². The second-order valence-corrected chi connectivity index (χ2v) is 5.24. The van der Waals surface area contributed by atoms with E-state index in [-0.39, 0.29) is 0 Å². The molecule has 3 nitrogen and oxygen atoms in total. The first kappa shape index (κ1) is 14.3. The van der Waals surface area contributed by atoms with Gasteiger partial charge in [0.25, 0.3) is 0 Å². The average molecular weight is 269 g/mol. The van der Waals surface area contributed by atoms with E-state index in [9.17, 15) is 0 Å². The van der Waals surface area contributed by atoms with Gasteiger partial charge in [-0.1, -0.05) is 19.1 Å². The van der Waals surface area contributed by atoms with Crippen LogP contribution in [-0.4, -0.2) is 35.1 Å². The Balaban J connectivity index is 2.81. The summed E-state index contributed by atoms with van der Waals surface area (Å²) >= 11 is 6.75. The fraction of sp³-hybridized carbons (Fsp3) is 0.500. The topological polar surface area (TPSA) is 42.1 Å². The van der Waals surface area contributed by atoms with Gasteiger partial charge in [0.2, 0.25) is 0 Å². The molecule has 2 N–H and O–H groups in total. The number of anilines is 1. The van der Waals surface area contributed by atoms with Crippen molar-refractivity contribution < 1.29 is 0 Å². The van der Waals surface area contributed by atoms with Gasteiger partial charge >= 0.3 is 0 Å². The lowest BCUT2D eigenvalue weighted by atomic mass is 10.2. The van der Waals surface area contributed by atoms with Gasteiger partial charge in [-0.15, -0.1) is 0 Å². The molecular weight excluding hydrogens is 250 g/mol. The van der Waals surface area contributed by atoms with Gasteiger partial charge in [-0.3, -0.25) is 4.98 Å². The Morgan fingerprint density at radius 1 is 1.59 bits per heavy atom. The third kappa shape index (κ3) is 3.85. The summed E-state index contributed by atoms with van der Waals surface area (Å²) < 4.78 is 0. The van der Waals surface area contributed by atoms with Crippen LogP contribution < -0.4 is 10.6 Å². The monoisotopic (exact) mass is 269 g/mol. The van der Waals surface area contributed by atoms with Crippen LogP contribution in [0, 0.1) is 0 Å². The third-order valence-corrected chi connectivity index (χ3v) is 3.71. The van der Waals surface area contributed by atoms with Gasteiger partial charge in [0.15, 0.2) is 0 Å². The Labute approximate surface area is 113 Å². The van der Waals surface area contributed by atoms with Crippen LogP contribution in [0.25, 0.3) is 0 Å². The molecule has 0 bridgehead atoms. The predicted octanol–water partition coefficient (Wildman–Crippen LogP) is 2.29. The van der Waals surface area contributed by atoms with Crippen molar-refractivity contribution in [1.82, 2.24) is 4.98 Å². The summed E-state index contributed by atoms with van der Waals surface area (Å²) in [4.78, 5) is 6.86. The van der Waals surface area contributed by atoms with Gasteiger partial charge in [0, 0.05) is 18.8 Å². The van der Waals surface area contributed by atoms with E-state index in [0.29, 0.717) is 16.7 Å². The molecule has 0 aliphatic rings. The van der Waals surface area contributed by atoms with Gasteiger partial charge in [-0.2, -0.15) is 11.8 Å². The largest absolute Gasteiger partial charge is 0.388 e. The van der Waals surface area contributed by atoms with Crippen molar-refractivity contribution in [3.8, 4) is 0 Å². The average Bonchev–Trinajstić information content (AvgIpc) is 2.35. The van der Waals surface area contributed by atoms with Crippen LogP contribution in [0.4, 0.5) is 5.69 Å². The van der Waals surface area contributed by atoms with Crippen molar-refractivity contribution >= 4 is 34.7 Å². The summed E-state index contributed by atoms with van der Waals surface area (Å²) in [5.74, 6) is 1.12. The summed E-state index contributed by atoms with van der Waals surface area (Å²) in [6.07, 6.45) is 5.08. The lowest BCUT2D eigenvalue weighted by Crippen LogP contribution is -2.33. The SMILES string of the molecule is CCC(CSC)N(C)c1ccc(C(N)=S)nc1. The molecule has 1 aromatic rings. The molecule has 17 heavy (non-hydrogen) atoms. The van der Waals surface area contributed by atoms with Crippen LogP contribution in [0.1, 0.15) is 19.0 Å². The second kappa shape index (κ2) is 6.81. The molecule has 0 fully saturated rings. The first-order valence-electron chi connectivity index (χ1n) is 5.57. The highest BCUT2D eigenvalue weighted by molar-refractivity contribution is 7.98. The van der Waals surface area contributed by atoms with E-state index < -0.39 is 0 Å². The summed E-state index contributed by atoms with van der Waals surface area (Å²) in [6, 6.07) is 4.42. The minimum absolute atomic E-state index is 0.343. The van der Waals surface area contributed by atoms with Crippen LogP contribution in [0.2, 0.25) is 0 Å². The zero-order chi connectivity index (χ0) is 12.8. The number of hydrogen-bond acceptors (Lipinski definition) is 4. The molecule has 0 aromatic carbocycles. The van der Waals surface area contributed by atoms with Crippen LogP contribution >= 0.6 is 24.0 Å². The molecule has 94 valence electrons. The number of hydrogen-bond donors (Lipinski definition) is 1. The van der Waals surface area contributed by atoms with Crippen LogP contribution in [0.5, 0.6) is 0 Å². The molecule has 1 aromatic heterocycles. The van der Waals surface area contributed by atoms with Crippen molar-refractivity contribution in [3.63, 3.8) is 0 Å². The zero-order valence-corrected chi connectivity index (χ0v) is 12.1. The first-order valence-corrected chi connectivity index (χ1v) is 7.38. The number of pyridine rings is 1. The minimum Gasteiger partial charge on any atom is -0.388 e. The van der Waals surface area contributed by atoms with Crippen molar-refractivity contribution in [2.45, 2.75) is 19.4 Å². The fourth-order valence-corrected chi connectivity index (χ4v) is 2.61. The lowest BCUT2D eigenvalue weighted by Gasteiger charge is -2.28. The van der Waals surface area contributed by atoms with E-state index in [2.05, 4.69) is 30.1 Å². The Kier molecular flexibility index (Phi) is 5.71. The molecule has 1 unspecified atom stereocenters. The molecule has 1 heterocycles. The fourth-order valence-electron chi connectivity index (χ4n) is 1.65. The Morgan fingerprint density at radius 3 is 2.71 bits per heavy atom. The summed E-state index contributed by atoms with van der Waals surface area (Å²) in [5.41, 5.74) is 7.30. The molecule has 5 heteroatoms. The molecule has 0 aliphatic carbocycles. The van der Waals surface area contributed by atoms with E-state index in [4.69, 9.17) is 18.0 Å². The molecule has 0 amide bonds. The molecule has 0 aliphatic heterocycles. The summed E-state index contributed by atoms with van der Waals surface area (Å²) in [6.45, 7) is 2.20. The highest BCUT2D eigenvalue weighted by atomic mass is 32.2. The van der Waals surface area contributed by atoms with Crippen molar-refractivity contribution in [2.24, 2.45) is 5.73 Å². The maximum atomic E-state index is 5.53. The van der Waals surface area contributed by atoms with Gasteiger partial charge in [-0.25, -0.2) is 0 Å². The standard InChI is InChI=1S/C12H19N3S2/c1-4-9(8-17-3)15(2)10-5-6-11(12(13)16)14-7-10/h5-7,9H,4,8H2,1-3H3,(H2,13,16). The normalized spacial score (nSPS) is 12.2. The third-order valence-electron chi connectivity index (χ3n) is 2.79. The number of nitrogens with two attached hydrogens (primary N) is 1. The number of thioether (sulfide) groups is 1. The molecular formula is C12H19N3S2. The Hall–Kier alpha value is -0.810. The highest BCUT2D eigenvalue weighted by Gasteiger charge is 2.13. The molecule has 1 rings (SSSR count). The smallest absolute Gasteiger partial charge is 0.122 e. The van der Waals surface area contributed by atoms with Crippen molar-refractivity contribution in [3.05, 3.63) is 24.0 Å². The van der Waals surface area contributed by atoms with Crippen LogP contribution in [-0.2, 0) is 0 Å². The zero-order valence-electron chi connectivity index (χ0n) is 10.5. The van der Waals surface area contributed by atoms with E-state index in [0.717, 1.165) is 17.9 Å². The minimum atomic E-state index is 0.343. The molecule has 0 spiro atoms.